The SMILES string of the molecule is Cc1ccc(NC(=O)c2cccc(C(F)(F)F)c2)cc1NC(=O)N1CC(O)CC1(C)CO. The number of hydrogen-bond acceptors (Lipinski definition) is 4. The van der Waals surface area contributed by atoms with Crippen molar-refractivity contribution in [2.75, 3.05) is 23.8 Å². The summed E-state index contributed by atoms with van der Waals surface area (Å²) in [4.78, 5) is 26.6. The van der Waals surface area contributed by atoms with Crippen LogP contribution in [-0.4, -0.2) is 51.8 Å². The molecule has 1 aliphatic rings. The number of amides is 3. The minimum atomic E-state index is -4.57. The highest BCUT2D eigenvalue weighted by Gasteiger charge is 2.43. The Balaban J connectivity index is 1.76. The molecule has 10 heteroatoms. The maximum Gasteiger partial charge on any atom is 0.416 e. The molecule has 0 radical (unpaired) electrons. The van der Waals surface area contributed by atoms with Crippen molar-refractivity contribution in [2.24, 2.45) is 0 Å². The van der Waals surface area contributed by atoms with Gasteiger partial charge in [-0.15, -0.1) is 0 Å². The fourth-order valence-electron chi connectivity index (χ4n) is 3.65. The van der Waals surface area contributed by atoms with Gasteiger partial charge in [0.05, 0.1) is 23.8 Å². The number of alkyl halides is 3. The van der Waals surface area contributed by atoms with Gasteiger partial charge in [-0.3, -0.25) is 4.79 Å². The van der Waals surface area contributed by atoms with E-state index in [1.54, 1.807) is 26.0 Å². The highest BCUT2D eigenvalue weighted by molar-refractivity contribution is 6.05. The number of benzene rings is 2. The van der Waals surface area contributed by atoms with Crippen LogP contribution >= 0.6 is 0 Å². The van der Waals surface area contributed by atoms with E-state index in [-0.39, 0.29) is 30.8 Å². The molecular weight excluding hydrogens is 427 g/mol. The van der Waals surface area contributed by atoms with E-state index in [0.717, 1.165) is 18.2 Å². The number of aryl methyl sites for hydroxylation is 1. The zero-order valence-corrected chi connectivity index (χ0v) is 17.5. The van der Waals surface area contributed by atoms with Crippen molar-refractivity contribution in [3.8, 4) is 0 Å². The molecule has 0 bridgehead atoms. The third kappa shape index (κ3) is 5.03. The van der Waals surface area contributed by atoms with Crippen molar-refractivity contribution in [2.45, 2.75) is 38.1 Å². The van der Waals surface area contributed by atoms with Crippen LogP contribution < -0.4 is 10.6 Å². The van der Waals surface area contributed by atoms with E-state index >= 15 is 0 Å². The molecular formula is C22H24F3N3O4. The lowest BCUT2D eigenvalue weighted by atomic mass is 10.00. The number of halogens is 3. The van der Waals surface area contributed by atoms with Gasteiger partial charge in [0.25, 0.3) is 5.91 Å². The number of aliphatic hydroxyl groups is 2. The van der Waals surface area contributed by atoms with Gasteiger partial charge in [0, 0.05) is 29.9 Å². The summed E-state index contributed by atoms with van der Waals surface area (Å²) < 4.78 is 38.7. The van der Waals surface area contributed by atoms with Gasteiger partial charge in [-0.05, 0) is 49.7 Å². The van der Waals surface area contributed by atoms with Gasteiger partial charge in [0.2, 0.25) is 0 Å². The van der Waals surface area contributed by atoms with Gasteiger partial charge >= 0.3 is 12.2 Å². The Labute approximate surface area is 182 Å². The third-order valence-corrected chi connectivity index (χ3v) is 5.50. The Kier molecular flexibility index (Phi) is 6.47. The van der Waals surface area contributed by atoms with Crippen molar-refractivity contribution >= 4 is 23.3 Å². The van der Waals surface area contributed by atoms with Crippen LogP contribution in [0.3, 0.4) is 0 Å². The Hall–Kier alpha value is -3.11. The van der Waals surface area contributed by atoms with Gasteiger partial charge in [-0.1, -0.05) is 12.1 Å². The van der Waals surface area contributed by atoms with Crippen LogP contribution in [0, 0.1) is 6.92 Å². The lowest BCUT2D eigenvalue weighted by Crippen LogP contribution is -2.49. The summed E-state index contributed by atoms with van der Waals surface area (Å²) in [7, 11) is 0. The van der Waals surface area contributed by atoms with Crippen LogP contribution in [-0.2, 0) is 6.18 Å². The van der Waals surface area contributed by atoms with Crippen LogP contribution in [0.2, 0.25) is 0 Å². The highest BCUT2D eigenvalue weighted by atomic mass is 19.4. The Morgan fingerprint density at radius 2 is 1.91 bits per heavy atom. The molecule has 1 heterocycles. The number of nitrogens with zero attached hydrogens (tertiary/aromatic N) is 1. The number of carbonyl (C=O) groups excluding carboxylic acids is 2. The molecule has 4 N–H and O–H groups in total. The molecule has 1 saturated heterocycles. The number of urea groups is 1. The molecule has 2 aromatic carbocycles. The van der Waals surface area contributed by atoms with Crippen LogP contribution in [0.25, 0.3) is 0 Å². The largest absolute Gasteiger partial charge is 0.416 e. The molecule has 0 saturated carbocycles. The maximum atomic E-state index is 12.9. The topological polar surface area (TPSA) is 102 Å². The fraction of sp³-hybridized carbons (Fsp3) is 0.364. The average molecular weight is 451 g/mol. The zero-order chi connectivity index (χ0) is 23.7. The molecule has 3 amide bonds. The Morgan fingerprint density at radius 3 is 2.56 bits per heavy atom. The van der Waals surface area contributed by atoms with Crippen molar-refractivity contribution in [3.05, 3.63) is 59.2 Å². The number of rotatable bonds is 4. The average Bonchev–Trinajstić information content (AvgIpc) is 3.05. The highest BCUT2D eigenvalue weighted by Crippen LogP contribution is 2.31. The number of β-amino-alcohol motifs (C(OH)–C–C–N with tert-alkyl or cyclic N) is 1. The molecule has 1 fully saturated rings. The lowest BCUT2D eigenvalue weighted by molar-refractivity contribution is -0.137. The summed E-state index contributed by atoms with van der Waals surface area (Å²) >= 11 is 0. The number of likely N-dealkylation sites (tertiary alicyclic amines) is 1. The summed E-state index contributed by atoms with van der Waals surface area (Å²) in [6.07, 6.45) is -5.08. The fourth-order valence-corrected chi connectivity index (χ4v) is 3.65. The number of nitrogens with one attached hydrogen (secondary N) is 2. The molecule has 3 rings (SSSR count). The van der Waals surface area contributed by atoms with Gasteiger partial charge in [0.1, 0.15) is 0 Å². The monoisotopic (exact) mass is 451 g/mol. The van der Waals surface area contributed by atoms with E-state index in [0.29, 0.717) is 11.3 Å². The van der Waals surface area contributed by atoms with E-state index < -0.39 is 35.3 Å². The molecule has 32 heavy (non-hydrogen) atoms. The van der Waals surface area contributed by atoms with Crippen LogP contribution in [0.15, 0.2) is 42.5 Å². The summed E-state index contributed by atoms with van der Waals surface area (Å²) in [5, 5.41) is 24.8. The standard InChI is InChI=1S/C22H24F3N3O4/c1-13-6-7-16(26-19(31)14-4-3-5-15(8-14)22(23,24)25)9-18(13)27-20(32)28-11-17(30)10-21(28,2)12-29/h3-9,17,29-30H,10-12H2,1-2H3,(H,26,31)(H,27,32). The van der Waals surface area contributed by atoms with Gasteiger partial charge in [-0.25, -0.2) is 4.79 Å². The van der Waals surface area contributed by atoms with E-state index in [1.165, 1.54) is 17.0 Å². The quantitative estimate of drug-likeness (QED) is 0.570. The molecule has 0 aromatic heterocycles. The first-order valence-electron chi connectivity index (χ1n) is 9.90. The normalized spacial score (nSPS) is 20.8. The van der Waals surface area contributed by atoms with Crippen molar-refractivity contribution in [1.82, 2.24) is 4.90 Å². The molecule has 1 aliphatic heterocycles. The van der Waals surface area contributed by atoms with Crippen LogP contribution in [0.4, 0.5) is 29.3 Å². The van der Waals surface area contributed by atoms with E-state index in [4.69, 9.17) is 0 Å². The van der Waals surface area contributed by atoms with Crippen LogP contribution in [0.5, 0.6) is 0 Å². The number of carbonyl (C=O) groups is 2. The molecule has 0 spiro atoms. The first kappa shape index (κ1) is 23.6. The Morgan fingerprint density at radius 1 is 1.19 bits per heavy atom. The molecule has 172 valence electrons. The van der Waals surface area contributed by atoms with Gasteiger partial charge in [-0.2, -0.15) is 13.2 Å². The smallest absolute Gasteiger partial charge is 0.394 e. The molecule has 7 nitrogen and oxygen atoms in total. The molecule has 2 unspecified atom stereocenters. The number of anilines is 2. The maximum absolute atomic E-state index is 12.9. The minimum absolute atomic E-state index is 0.0634. The Bertz CT molecular complexity index is 1030. The lowest BCUT2D eigenvalue weighted by Gasteiger charge is -2.33. The van der Waals surface area contributed by atoms with Crippen molar-refractivity contribution < 1.29 is 33.0 Å². The van der Waals surface area contributed by atoms with Gasteiger partial charge in [0.15, 0.2) is 0 Å². The number of hydrogen-bond donors (Lipinski definition) is 4. The zero-order valence-electron chi connectivity index (χ0n) is 17.5. The van der Waals surface area contributed by atoms with Gasteiger partial charge < -0.3 is 25.7 Å². The molecule has 2 atom stereocenters. The first-order chi connectivity index (χ1) is 14.9. The van der Waals surface area contributed by atoms with E-state index in [1.807, 2.05) is 0 Å². The predicted octanol–water partition coefficient (Wildman–Crippen LogP) is 3.62. The predicted molar refractivity (Wildman–Crippen MR) is 112 cm³/mol. The summed E-state index contributed by atoms with van der Waals surface area (Å²) in [5.74, 6) is -0.729. The summed E-state index contributed by atoms with van der Waals surface area (Å²) in [5.41, 5.74) is -0.663. The van der Waals surface area contributed by atoms with Crippen LogP contribution in [0.1, 0.15) is 34.8 Å². The van der Waals surface area contributed by atoms with E-state index in [2.05, 4.69) is 10.6 Å². The van der Waals surface area contributed by atoms with Crippen molar-refractivity contribution in [1.29, 1.82) is 0 Å². The van der Waals surface area contributed by atoms with Crippen molar-refractivity contribution in [3.63, 3.8) is 0 Å². The second-order valence-electron chi connectivity index (χ2n) is 8.12. The molecule has 2 aromatic rings. The number of aliphatic hydroxyl groups excluding tert-OH is 2. The second-order valence-corrected chi connectivity index (χ2v) is 8.12. The minimum Gasteiger partial charge on any atom is -0.394 e. The van der Waals surface area contributed by atoms with E-state index in [9.17, 15) is 33.0 Å². The summed E-state index contributed by atoms with van der Waals surface area (Å²) in [6.45, 7) is 3.15. The first-order valence-corrected chi connectivity index (χ1v) is 9.90. The summed E-state index contributed by atoms with van der Waals surface area (Å²) in [6, 6.07) is 8.24. The molecule has 0 aliphatic carbocycles. The third-order valence-electron chi connectivity index (χ3n) is 5.50. The second kappa shape index (κ2) is 8.79.